The molecule has 1 aromatic carbocycles. The highest BCUT2D eigenvalue weighted by atomic mass is 14.9. The SMILES string of the molecule is C(NC(Cc1ccccn1)c1ccccc1)=C1CC1. The van der Waals surface area contributed by atoms with Crippen LogP contribution < -0.4 is 5.32 Å². The molecule has 96 valence electrons. The number of nitrogens with zero attached hydrogens (tertiary/aromatic N) is 1. The summed E-state index contributed by atoms with van der Waals surface area (Å²) in [5.74, 6) is 0. The summed E-state index contributed by atoms with van der Waals surface area (Å²) in [5.41, 5.74) is 3.95. The molecule has 0 saturated heterocycles. The molecule has 0 radical (unpaired) electrons. The van der Waals surface area contributed by atoms with Crippen LogP contribution in [0.4, 0.5) is 0 Å². The lowest BCUT2D eigenvalue weighted by molar-refractivity contribution is 0.609. The van der Waals surface area contributed by atoms with E-state index in [0.29, 0.717) is 6.04 Å². The van der Waals surface area contributed by atoms with E-state index in [1.807, 2.05) is 18.3 Å². The molecule has 1 unspecified atom stereocenters. The van der Waals surface area contributed by atoms with Gasteiger partial charge in [-0.25, -0.2) is 0 Å². The van der Waals surface area contributed by atoms with Crippen LogP contribution in [0.2, 0.25) is 0 Å². The van der Waals surface area contributed by atoms with Crippen molar-refractivity contribution in [2.24, 2.45) is 0 Å². The highest BCUT2D eigenvalue weighted by molar-refractivity contribution is 5.23. The van der Waals surface area contributed by atoms with Crippen LogP contribution in [0.15, 0.2) is 66.5 Å². The molecule has 0 spiro atoms. The molecule has 1 heterocycles. The molecule has 0 bridgehead atoms. The van der Waals surface area contributed by atoms with E-state index in [2.05, 4.69) is 52.9 Å². The lowest BCUT2D eigenvalue weighted by atomic mass is 10.0. The fourth-order valence-corrected chi connectivity index (χ4v) is 2.12. The molecule has 2 nitrogen and oxygen atoms in total. The molecule has 3 rings (SSSR count). The minimum absolute atomic E-state index is 0.296. The van der Waals surface area contributed by atoms with Gasteiger partial charge >= 0.3 is 0 Å². The van der Waals surface area contributed by atoms with Gasteiger partial charge < -0.3 is 5.32 Å². The Morgan fingerprint density at radius 1 is 1.05 bits per heavy atom. The first-order valence-corrected chi connectivity index (χ1v) is 6.80. The molecule has 1 aliphatic rings. The predicted octanol–water partition coefficient (Wildman–Crippen LogP) is 3.63. The largest absolute Gasteiger partial charge is 0.384 e. The molecule has 1 aromatic heterocycles. The summed E-state index contributed by atoms with van der Waals surface area (Å²) < 4.78 is 0. The van der Waals surface area contributed by atoms with Gasteiger partial charge in [-0.15, -0.1) is 0 Å². The van der Waals surface area contributed by atoms with Gasteiger partial charge in [-0.2, -0.15) is 0 Å². The van der Waals surface area contributed by atoms with Crippen LogP contribution in [0.5, 0.6) is 0 Å². The van der Waals surface area contributed by atoms with Crippen LogP contribution in [0.25, 0.3) is 0 Å². The first-order chi connectivity index (χ1) is 9.42. The second-order valence-electron chi connectivity index (χ2n) is 4.96. The van der Waals surface area contributed by atoms with Gasteiger partial charge in [0.15, 0.2) is 0 Å². The van der Waals surface area contributed by atoms with Crippen molar-refractivity contribution < 1.29 is 0 Å². The van der Waals surface area contributed by atoms with Crippen LogP contribution in [0.1, 0.15) is 30.1 Å². The third-order valence-electron chi connectivity index (χ3n) is 3.37. The quantitative estimate of drug-likeness (QED) is 0.876. The zero-order valence-electron chi connectivity index (χ0n) is 10.9. The van der Waals surface area contributed by atoms with Gasteiger partial charge in [0.25, 0.3) is 0 Å². The lowest BCUT2D eigenvalue weighted by Gasteiger charge is -2.17. The second kappa shape index (κ2) is 5.70. The molecule has 1 fully saturated rings. The van der Waals surface area contributed by atoms with Crippen LogP contribution in [0.3, 0.4) is 0 Å². The zero-order chi connectivity index (χ0) is 12.9. The number of aromatic nitrogens is 1. The Balaban J connectivity index is 1.77. The summed E-state index contributed by atoms with van der Waals surface area (Å²) in [7, 11) is 0. The standard InChI is InChI=1S/C17H18N2/c1-2-6-15(7-3-1)17(19-13-14-9-10-14)12-16-8-4-5-11-18-16/h1-8,11,13,17,19H,9-10,12H2. The maximum atomic E-state index is 4.43. The summed E-state index contributed by atoms with van der Waals surface area (Å²) in [4.78, 5) is 4.43. The van der Waals surface area contributed by atoms with E-state index in [4.69, 9.17) is 0 Å². The normalized spacial score (nSPS) is 14.8. The number of pyridine rings is 1. The molecule has 0 aliphatic heterocycles. The van der Waals surface area contributed by atoms with E-state index in [-0.39, 0.29) is 0 Å². The van der Waals surface area contributed by atoms with Crippen molar-refractivity contribution in [3.63, 3.8) is 0 Å². The van der Waals surface area contributed by atoms with Crippen LogP contribution in [-0.4, -0.2) is 4.98 Å². The monoisotopic (exact) mass is 250 g/mol. The van der Waals surface area contributed by atoms with Crippen molar-refractivity contribution in [1.29, 1.82) is 0 Å². The molecule has 1 saturated carbocycles. The number of nitrogens with one attached hydrogen (secondary N) is 1. The highest BCUT2D eigenvalue weighted by Gasteiger charge is 2.14. The molecule has 1 aliphatic carbocycles. The van der Waals surface area contributed by atoms with E-state index < -0.39 is 0 Å². The minimum Gasteiger partial charge on any atom is -0.384 e. The first-order valence-electron chi connectivity index (χ1n) is 6.80. The average Bonchev–Trinajstić information content (AvgIpc) is 3.30. The number of benzene rings is 1. The van der Waals surface area contributed by atoms with Crippen molar-refractivity contribution >= 4 is 0 Å². The van der Waals surface area contributed by atoms with Gasteiger partial charge in [0, 0.05) is 18.3 Å². The number of rotatable bonds is 5. The maximum Gasteiger partial charge on any atom is 0.0563 e. The Labute approximate surface area is 114 Å². The number of hydrogen-bond acceptors (Lipinski definition) is 2. The Hall–Kier alpha value is -2.09. The van der Waals surface area contributed by atoms with Gasteiger partial charge in [0.1, 0.15) is 0 Å². The molecule has 2 aromatic rings. The predicted molar refractivity (Wildman–Crippen MR) is 77.6 cm³/mol. The smallest absolute Gasteiger partial charge is 0.0563 e. The van der Waals surface area contributed by atoms with Crippen molar-refractivity contribution in [2.45, 2.75) is 25.3 Å². The Morgan fingerprint density at radius 3 is 2.53 bits per heavy atom. The van der Waals surface area contributed by atoms with Crippen molar-refractivity contribution in [3.8, 4) is 0 Å². The van der Waals surface area contributed by atoms with Gasteiger partial charge in [0.2, 0.25) is 0 Å². The number of hydrogen-bond donors (Lipinski definition) is 1. The third kappa shape index (κ3) is 3.44. The van der Waals surface area contributed by atoms with E-state index in [1.165, 1.54) is 24.0 Å². The van der Waals surface area contributed by atoms with Gasteiger partial charge in [0.05, 0.1) is 6.04 Å². The Kier molecular flexibility index (Phi) is 3.59. The molecule has 0 amide bonds. The third-order valence-corrected chi connectivity index (χ3v) is 3.37. The van der Waals surface area contributed by atoms with Crippen LogP contribution >= 0.6 is 0 Å². The molecule has 2 heteroatoms. The van der Waals surface area contributed by atoms with Gasteiger partial charge in [-0.3, -0.25) is 4.98 Å². The molecular weight excluding hydrogens is 232 g/mol. The molecule has 19 heavy (non-hydrogen) atoms. The summed E-state index contributed by atoms with van der Waals surface area (Å²) in [6.45, 7) is 0. The topological polar surface area (TPSA) is 24.9 Å². The van der Waals surface area contributed by atoms with Crippen molar-refractivity contribution in [1.82, 2.24) is 10.3 Å². The minimum atomic E-state index is 0.296. The molecule has 1 atom stereocenters. The summed E-state index contributed by atoms with van der Waals surface area (Å²) >= 11 is 0. The van der Waals surface area contributed by atoms with Gasteiger partial charge in [-0.1, -0.05) is 42.0 Å². The molecular formula is C17H18N2. The van der Waals surface area contributed by atoms with Crippen molar-refractivity contribution in [2.75, 3.05) is 0 Å². The van der Waals surface area contributed by atoms with E-state index >= 15 is 0 Å². The van der Waals surface area contributed by atoms with Crippen molar-refractivity contribution in [3.05, 3.63) is 77.8 Å². The van der Waals surface area contributed by atoms with E-state index in [1.54, 1.807) is 0 Å². The average molecular weight is 250 g/mol. The number of allylic oxidation sites excluding steroid dienone is 1. The summed E-state index contributed by atoms with van der Waals surface area (Å²) in [5, 5.41) is 3.54. The van der Waals surface area contributed by atoms with Crippen LogP contribution in [-0.2, 0) is 6.42 Å². The Bertz CT molecular complexity index is 540. The second-order valence-corrected chi connectivity index (χ2v) is 4.96. The highest BCUT2D eigenvalue weighted by Crippen LogP contribution is 2.27. The van der Waals surface area contributed by atoms with E-state index in [9.17, 15) is 0 Å². The van der Waals surface area contributed by atoms with Crippen LogP contribution in [0, 0.1) is 0 Å². The fraction of sp³-hybridized carbons (Fsp3) is 0.235. The summed E-state index contributed by atoms with van der Waals surface area (Å²) in [6, 6.07) is 17.0. The van der Waals surface area contributed by atoms with Gasteiger partial charge in [-0.05, 0) is 36.7 Å². The summed E-state index contributed by atoms with van der Waals surface area (Å²) in [6.07, 6.45) is 7.45. The lowest BCUT2D eigenvalue weighted by Crippen LogP contribution is -2.18. The zero-order valence-corrected chi connectivity index (χ0v) is 10.9. The van der Waals surface area contributed by atoms with E-state index in [0.717, 1.165) is 12.1 Å². The first kappa shape index (κ1) is 12.0. The fourth-order valence-electron chi connectivity index (χ4n) is 2.12. The Morgan fingerprint density at radius 2 is 1.84 bits per heavy atom. The molecule has 1 N–H and O–H groups in total. The maximum absolute atomic E-state index is 4.43.